The Labute approximate surface area is 251 Å². The zero-order chi connectivity index (χ0) is 30.0. The number of ether oxygens (including phenoxy) is 2. The van der Waals surface area contributed by atoms with E-state index in [2.05, 4.69) is 15.6 Å². The second-order valence-corrected chi connectivity index (χ2v) is 11.7. The van der Waals surface area contributed by atoms with E-state index in [1.807, 2.05) is 54.1 Å². The number of benzene rings is 3. The molecule has 1 fully saturated rings. The SMILES string of the molecule is Cn1c(COc2ccc(CC3(C)SC(=O)NC3=O)cc2)nc2ccc(Oc3ccc(NC(=O)c4cccnc4)cc3)cc21. The molecular weight excluding hydrogens is 566 g/mol. The molecule has 2 N–H and O–H groups in total. The minimum atomic E-state index is -0.809. The Morgan fingerprint density at radius 2 is 1.74 bits per heavy atom. The maximum atomic E-state index is 12.4. The fourth-order valence-electron chi connectivity index (χ4n) is 4.71. The summed E-state index contributed by atoms with van der Waals surface area (Å²) in [6, 6.07) is 23.7. The Morgan fingerprint density at radius 3 is 2.44 bits per heavy atom. The summed E-state index contributed by atoms with van der Waals surface area (Å²) >= 11 is 1.02. The number of aryl methyl sites for hydroxylation is 1. The number of hydrogen-bond acceptors (Lipinski definition) is 8. The van der Waals surface area contributed by atoms with Gasteiger partial charge < -0.3 is 19.4 Å². The third-order valence-corrected chi connectivity index (χ3v) is 8.13. The third-order valence-electron chi connectivity index (χ3n) is 7.06. The highest BCUT2D eigenvalue weighted by molar-refractivity contribution is 8.16. The Hall–Kier alpha value is -5.16. The predicted molar refractivity (Wildman–Crippen MR) is 163 cm³/mol. The van der Waals surface area contributed by atoms with E-state index in [1.165, 1.54) is 6.20 Å². The van der Waals surface area contributed by atoms with Crippen LogP contribution < -0.4 is 20.1 Å². The number of imidazole rings is 1. The lowest BCUT2D eigenvalue weighted by Gasteiger charge is -2.18. The Morgan fingerprint density at radius 1 is 1.00 bits per heavy atom. The first-order valence-electron chi connectivity index (χ1n) is 13.5. The highest BCUT2D eigenvalue weighted by atomic mass is 32.2. The summed E-state index contributed by atoms with van der Waals surface area (Å²) in [7, 11) is 1.92. The first kappa shape index (κ1) is 28.0. The molecule has 11 heteroatoms. The highest BCUT2D eigenvalue weighted by Gasteiger charge is 2.43. The van der Waals surface area contributed by atoms with Gasteiger partial charge >= 0.3 is 0 Å². The van der Waals surface area contributed by atoms with Gasteiger partial charge in [-0.05, 0) is 91.3 Å². The molecule has 0 aliphatic carbocycles. The number of aromatic nitrogens is 3. The van der Waals surface area contributed by atoms with E-state index in [0.717, 1.165) is 34.2 Å². The molecule has 0 spiro atoms. The highest BCUT2D eigenvalue weighted by Crippen LogP contribution is 2.35. The minimum absolute atomic E-state index is 0.234. The summed E-state index contributed by atoms with van der Waals surface area (Å²) in [6.45, 7) is 2.03. The van der Waals surface area contributed by atoms with Crippen LogP contribution in [0.4, 0.5) is 10.5 Å². The van der Waals surface area contributed by atoms with Crippen LogP contribution in [0.15, 0.2) is 91.3 Å². The van der Waals surface area contributed by atoms with Crippen LogP contribution in [0.3, 0.4) is 0 Å². The third kappa shape index (κ3) is 6.21. The summed E-state index contributed by atoms with van der Waals surface area (Å²) in [5, 5.41) is 4.88. The normalized spacial score (nSPS) is 16.2. The number of imide groups is 1. The molecule has 0 bridgehead atoms. The summed E-state index contributed by atoms with van der Waals surface area (Å²) < 4.78 is 13.2. The maximum Gasteiger partial charge on any atom is 0.286 e. The molecule has 1 unspecified atom stereocenters. The van der Waals surface area contributed by atoms with Crippen molar-refractivity contribution in [2.45, 2.75) is 24.7 Å². The number of fused-ring (bicyclic) bond motifs is 1. The second-order valence-electron chi connectivity index (χ2n) is 10.2. The van der Waals surface area contributed by atoms with Gasteiger partial charge in [0, 0.05) is 31.2 Å². The number of nitrogens with zero attached hydrogens (tertiary/aromatic N) is 3. The van der Waals surface area contributed by atoms with E-state index < -0.39 is 4.75 Å². The van der Waals surface area contributed by atoms with Crippen LogP contribution in [0.1, 0.15) is 28.7 Å². The number of nitrogens with one attached hydrogen (secondary N) is 2. The lowest BCUT2D eigenvalue weighted by Crippen LogP contribution is -2.35. The molecule has 216 valence electrons. The zero-order valence-electron chi connectivity index (χ0n) is 23.4. The molecule has 3 amide bonds. The monoisotopic (exact) mass is 593 g/mol. The molecule has 3 heterocycles. The zero-order valence-corrected chi connectivity index (χ0v) is 24.2. The molecule has 1 atom stereocenters. The van der Waals surface area contributed by atoms with Crippen molar-refractivity contribution >= 4 is 45.5 Å². The van der Waals surface area contributed by atoms with Crippen molar-refractivity contribution in [1.82, 2.24) is 19.9 Å². The molecule has 1 aliphatic heterocycles. The molecule has 2 aromatic heterocycles. The molecule has 1 aliphatic rings. The van der Waals surface area contributed by atoms with Crippen molar-refractivity contribution in [2.75, 3.05) is 5.32 Å². The predicted octanol–water partition coefficient (Wildman–Crippen LogP) is 5.88. The van der Waals surface area contributed by atoms with Gasteiger partial charge in [-0.1, -0.05) is 12.1 Å². The summed E-state index contributed by atoms with van der Waals surface area (Å²) in [5.74, 6) is 2.19. The Kier molecular flexibility index (Phi) is 7.56. The van der Waals surface area contributed by atoms with Gasteiger partial charge in [0.2, 0.25) is 5.91 Å². The van der Waals surface area contributed by atoms with Crippen LogP contribution >= 0.6 is 11.8 Å². The van der Waals surface area contributed by atoms with Gasteiger partial charge in [-0.25, -0.2) is 4.98 Å². The average molecular weight is 594 g/mol. The van der Waals surface area contributed by atoms with E-state index in [0.29, 0.717) is 34.9 Å². The van der Waals surface area contributed by atoms with Gasteiger partial charge in [-0.15, -0.1) is 0 Å². The fraction of sp³-hybridized carbons (Fsp3) is 0.156. The van der Waals surface area contributed by atoms with E-state index in [4.69, 9.17) is 14.5 Å². The van der Waals surface area contributed by atoms with E-state index in [9.17, 15) is 14.4 Å². The van der Waals surface area contributed by atoms with E-state index in [1.54, 1.807) is 49.5 Å². The van der Waals surface area contributed by atoms with Crippen molar-refractivity contribution in [1.29, 1.82) is 0 Å². The van der Waals surface area contributed by atoms with Crippen LogP contribution in [-0.4, -0.2) is 36.3 Å². The van der Waals surface area contributed by atoms with Gasteiger partial charge in [-0.3, -0.25) is 24.7 Å². The van der Waals surface area contributed by atoms with Gasteiger partial charge in [0.25, 0.3) is 11.1 Å². The molecule has 0 radical (unpaired) electrons. The van der Waals surface area contributed by atoms with E-state index >= 15 is 0 Å². The van der Waals surface area contributed by atoms with Crippen LogP contribution in [-0.2, 0) is 24.9 Å². The standard InChI is InChI=1S/C32H27N5O5S/c1-32(30(39)36-31(40)43-32)17-20-5-9-23(10-6-20)41-19-28-35-26-14-13-25(16-27(26)37(28)2)42-24-11-7-22(8-12-24)34-29(38)21-4-3-15-33-18-21/h3-16,18H,17,19H2,1-2H3,(H,34,38)(H,36,39,40). The van der Waals surface area contributed by atoms with Crippen molar-refractivity contribution in [3.8, 4) is 17.2 Å². The van der Waals surface area contributed by atoms with Crippen LogP contribution in [0.2, 0.25) is 0 Å². The number of hydrogen-bond donors (Lipinski definition) is 2. The van der Waals surface area contributed by atoms with Crippen molar-refractivity contribution in [3.63, 3.8) is 0 Å². The summed E-state index contributed by atoms with van der Waals surface area (Å²) in [6.07, 6.45) is 3.58. The molecule has 6 rings (SSSR count). The van der Waals surface area contributed by atoms with Crippen molar-refractivity contribution in [3.05, 3.63) is 108 Å². The van der Waals surface area contributed by atoms with Crippen LogP contribution in [0.25, 0.3) is 11.0 Å². The number of carbonyl (C=O) groups excluding carboxylic acids is 3. The van der Waals surface area contributed by atoms with Gasteiger partial charge in [0.15, 0.2) is 0 Å². The minimum Gasteiger partial charge on any atom is -0.486 e. The van der Waals surface area contributed by atoms with Crippen molar-refractivity contribution < 1.29 is 23.9 Å². The average Bonchev–Trinajstić information content (AvgIpc) is 3.46. The van der Waals surface area contributed by atoms with Gasteiger partial charge in [0.05, 0.1) is 16.6 Å². The molecule has 5 aromatic rings. The number of carbonyl (C=O) groups is 3. The first-order chi connectivity index (χ1) is 20.8. The summed E-state index contributed by atoms with van der Waals surface area (Å²) in [5.41, 5.74) is 3.77. The lowest BCUT2D eigenvalue weighted by molar-refractivity contribution is -0.121. The molecule has 10 nitrogen and oxygen atoms in total. The van der Waals surface area contributed by atoms with Crippen LogP contribution in [0, 0.1) is 0 Å². The number of pyridine rings is 1. The Bertz CT molecular complexity index is 1820. The second kappa shape index (κ2) is 11.6. The molecule has 43 heavy (non-hydrogen) atoms. The molecule has 0 saturated carbocycles. The molecular formula is C32H27N5O5S. The van der Waals surface area contributed by atoms with Gasteiger partial charge in [-0.2, -0.15) is 0 Å². The first-order valence-corrected chi connectivity index (χ1v) is 14.3. The number of anilines is 1. The fourth-order valence-corrected chi connectivity index (χ4v) is 5.65. The van der Waals surface area contributed by atoms with Crippen molar-refractivity contribution in [2.24, 2.45) is 7.05 Å². The van der Waals surface area contributed by atoms with Gasteiger partial charge in [0.1, 0.15) is 34.4 Å². The largest absolute Gasteiger partial charge is 0.486 e. The Balaban J connectivity index is 1.07. The quantitative estimate of drug-likeness (QED) is 0.217. The number of amides is 3. The smallest absolute Gasteiger partial charge is 0.286 e. The number of thioether (sulfide) groups is 1. The van der Waals surface area contributed by atoms with Crippen LogP contribution in [0.5, 0.6) is 17.2 Å². The van der Waals surface area contributed by atoms with E-state index in [-0.39, 0.29) is 23.7 Å². The molecule has 3 aromatic carbocycles. The molecule has 1 saturated heterocycles. The topological polar surface area (TPSA) is 124 Å². The lowest BCUT2D eigenvalue weighted by atomic mass is 9.99. The number of rotatable bonds is 9. The maximum absolute atomic E-state index is 12.4. The summed E-state index contributed by atoms with van der Waals surface area (Å²) in [4.78, 5) is 44.8.